The van der Waals surface area contributed by atoms with Crippen molar-refractivity contribution >= 4 is 28.8 Å². The van der Waals surface area contributed by atoms with Gasteiger partial charge in [0.1, 0.15) is 0 Å². The van der Waals surface area contributed by atoms with Gasteiger partial charge in [-0.3, -0.25) is 14.9 Å². The molecule has 1 aliphatic rings. The normalized spacial score (nSPS) is 13.5. The van der Waals surface area contributed by atoms with Crippen molar-refractivity contribution in [3.8, 4) is 0 Å². The third kappa shape index (κ3) is 6.53. The maximum absolute atomic E-state index is 10.0. The quantitative estimate of drug-likeness (QED) is 0.406. The fourth-order valence-corrected chi connectivity index (χ4v) is 0.356. The van der Waals surface area contributed by atoms with Crippen molar-refractivity contribution < 1.29 is 19.5 Å². The predicted octanol–water partition coefficient (Wildman–Crippen LogP) is 0.102. The summed E-state index contributed by atoms with van der Waals surface area (Å²) in [6.07, 6.45) is 2.39. The lowest BCUT2D eigenvalue weighted by Gasteiger charge is -1.80. The van der Waals surface area contributed by atoms with E-state index < -0.39 is 5.43 Å². The van der Waals surface area contributed by atoms with Crippen molar-refractivity contribution in [1.29, 1.82) is 0 Å². The van der Waals surface area contributed by atoms with Gasteiger partial charge >= 0.3 is 5.43 Å². The highest BCUT2D eigenvalue weighted by molar-refractivity contribution is 6.60. The second-order valence-corrected chi connectivity index (χ2v) is 1.76. The van der Waals surface area contributed by atoms with E-state index in [2.05, 4.69) is 11.6 Å². The molecule has 0 atom stereocenters. The zero-order valence-corrected chi connectivity index (χ0v) is 5.96. The Morgan fingerprint density at radius 2 is 1.64 bits per heavy atom. The van der Waals surface area contributed by atoms with Crippen LogP contribution in [0.25, 0.3) is 0 Å². The molecular formula is C5H4ClNO4. The Morgan fingerprint density at radius 3 is 1.73 bits per heavy atom. The van der Waals surface area contributed by atoms with Crippen molar-refractivity contribution in [2.45, 2.75) is 0 Å². The number of rotatable bonds is 0. The Balaban J connectivity index is 0.000000218. The summed E-state index contributed by atoms with van der Waals surface area (Å²) < 4.78 is 0. The van der Waals surface area contributed by atoms with Gasteiger partial charge in [-0.05, 0) is 0 Å². The first-order valence-corrected chi connectivity index (χ1v) is 2.81. The molecule has 0 aromatic carbocycles. The van der Waals surface area contributed by atoms with E-state index in [0.29, 0.717) is 0 Å². The van der Waals surface area contributed by atoms with E-state index >= 15 is 0 Å². The van der Waals surface area contributed by atoms with Gasteiger partial charge in [0.2, 0.25) is 0 Å². The lowest BCUT2D eigenvalue weighted by atomic mass is 10.6. The number of halogens is 1. The van der Waals surface area contributed by atoms with Crippen molar-refractivity contribution in [2.24, 2.45) is 0 Å². The Hall–Kier alpha value is -1.36. The van der Waals surface area contributed by atoms with Gasteiger partial charge in [-0.15, -0.1) is 0 Å². The molecule has 0 aromatic rings. The summed E-state index contributed by atoms with van der Waals surface area (Å²) in [5.41, 5.74) is -1.36. The molecule has 2 N–H and O–H groups in total. The molecule has 0 saturated heterocycles. The molecule has 0 spiro atoms. The van der Waals surface area contributed by atoms with Crippen molar-refractivity contribution in [1.82, 2.24) is 5.32 Å². The van der Waals surface area contributed by atoms with Crippen molar-refractivity contribution in [2.75, 3.05) is 0 Å². The largest absolute Gasteiger partial charge is 0.469 e. The van der Waals surface area contributed by atoms with Crippen LogP contribution in [0.1, 0.15) is 0 Å². The molecular weight excluding hydrogens is 174 g/mol. The number of carbonyl (C=O) groups is 3. The van der Waals surface area contributed by atoms with E-state index in [1.807, 2.05) is 5.32 Å². The number of carbonyl (C=O) groups excluding carboxylic acids is 2. The second kappa shape index (κ2) is 4.45. The van der Waals surface area contributed by atoms with Gasteiger partial charge < -0.3 is 5.11 Å². The van der Waals surface area contributed by atoms with Crippen LogP contribution in [0.4, 0.5) is 4.79 Å². The van der Waals surface area contributed by atoms with Crippen LogP contribution in [0.15, 0.2) is 12.2 Å². The number of carboxylic acid groups (broad SMARTS) is 1. The highest BCUT2D eigenvalue weighted by atomic mass is 35.5. The topological polar surface area (TPSA) is 83.5 Å². The molecule has 6 heteroatoms. The molecule has 5 nitrogen and oxygen atoms in total. The molecule has 0 fully saturated rings. The fourth-order valence-electron chi connectivity index (χ4n) is 0.356. The summed E-state index contributed by atoms with van der Waals surface area (Å²) in [6, 6.07) is 0. The fraction of sp³-hybridized carbons (Fsp3) is 0. The zero-order chi connectivity index (χ0) is 8.85. The minimum atomic E-state index is -1.36. The molecule has 1 heterocycles. The molecule has 11 heavy (non-hydrogen) atoms. The third-order valence-electron chi connectivity index (χ3n) is 0.632. The lowest BCUT2D eigenvalue weighted by Crippen LogP contribution is -2.19. The van der Waals surface area contributed by atoms with Crippen LogP contribution in [0, 0.1) is 0 Å². The van der Waals surface area contributed by atoms with E-state index in [4.69, 9.17) is 9.90 Å². The molecule has 2 amide bonds. The van der Waals surface area contributed by atoms with Gasteiger partial charge in [0.25, 0.3) is 11.8 Å². The predicted molar refractivity (Wildman–Crippen MR) is 36.2 cm³/mol. The summed E-state index contributed by atoms with van der Waals surface area (Å²) in [7, 11) is 0. The van der Waals surface area contributed by atoms with Gasteiger partial charge in [-0.2, -0.15) is 0 Å². The van der Waals surface area contributed by atoms with Crippen LogP contribution < -0.4 is 5.32 Å². The van der Waals surface area contributed by atoms with E-state index in [1.165, 1.54) is 12.2 Å². The molecule has 0 bridgehead atoms. The number of amides is 2. The van der Waals surface area contributed by atoms with Crippen LogP contribution >= 0.6 is 11.6 Å². The summed E-state index contributed by atoms with van der Waals surface area (Å²) >= 11 is 4.19. The van der Waals surface area contributed by atoms with E-state index in [0.717, 1.165) is 0 Å². The summed E-state index contributed by atoms with van der Waals surface area (Å²) in [5, 5.41) is 9.21. The second-order valence-electron chi connectivity index (χ2n) is 1.44. The first-order chi connectivity index (χ1) is 5.02. The summed E-state index contributed by atoms with van der Waals surface area (Å²) in [4.78, 5) is 28.8. The van der Waals surface area contributed by atoms with Crippen LogP contribution in [-0.2, 0) is 9.59 Å². The van der Waals surface area contributed by atoms with Crippen LogP contribution in [-0.4, -0.2) is 22.3 Å². The molecule has 0 unspecified atom stereocenters. The van der Waals surface area contributed by atoms with Gasteiger partial charge in [-0.1, -0.05) is 0 Å². The number of hydrogen-bond donors (Lipinski definition) is 2. The summed E-state index contributed by atoms with van der Waals surface area (Å²) in [6.45, 7) is 0. The third-order valence-corrected chi connectivity index (χ3v) is 0.632. The molecule has 0 saturated carbocycles. The maximum Gasteiger partial charge on any atom is 0.401 e. The Labute approximate surface area is 66.6 Å². The number of hydrogen-bond acceptors (Lipinski definition) is 3. The summed E-state index contributed by atoms with van der Waals surface area (Å²) in [5.74, 6) is -0.657. The average molecular weight is 178 g/mol. The molecule has 0 aromatic heterocycles. The van der Waals surface area contributed by atoms with E-state index in [1.54, 1.807) is 0 Å². The smallest absolute Gasteiger partial charge is 0.401 e. The molecule has 1 rings (SSSR count). The number of imide groups is 1. The first kappa shape index (κ1) is 9.64. The zero-order valence-electron chi connectivity index (χ0n) is 5.20. The van der Waals surface area contributed by atoms with Crippen LogP contribution in [0.2, 0.25) is 0 Å². The van der Waals surface area contributed by atoms with Crippen LogP contribution in [0.3, 0.4) is 0 Å². The van der Waals surface area contributed by atoms with Crippen LogP contribution in [0.5, 0.6) is 0 Å². The van der Waals surface area contributed by atoms with Crippen molar-refractivity contribution in [3.63, 3.8) is 0 Å². The van der Waals surface area contributed by atoms with E-state index in [9.17, 15) is 9.59 Å². The molecule has 0 radical (unpaired) electrons. The van der Waals surface area contributed by atoms with Gasteiger partial charge in [-0.25, -0.2) is 4.79 Å². The lowest BCUT2D eigenvalue weighted by molar-refractivity contribution is -0.123. The molecule has 1 aliphatic heterocycles. The molecule has 0 aliphatic carbocycles. The molecule has 60 valence electrons. The Bertz CT molecular complexity index is 203. The highest BCUT2D eigenvalue weighted by Gasteiger charge is 2.06. The van der Waals surface area contributed by atoms with Crippen molar-refractivity contribution in [3.05, 3.63) is 12.2 Å². The Morgan fingerprint density at radius 1 is 1.36 bits per heavy atom. The first-order valence-electron chi connectivity index (χ1n) is 2.44. The monoisotopic (exact) mass is 177 g/mol. The average Bonchev–Trinajstić information content (AvgIpc) is 2.13. The van der Waals surface area contributed by atoms with Gasteiger partial charge in [0.05, 0.1) is 0 Å². The Kier molecular flexibility index (Phi) is 3.90. The SMILES string of the molecule is O=C(O)Cl.O=C1C=CC(=O)N1. The standard InChI is InChI=1S/C4H3NO2.CHClO2/c6-3-1-2-4(7)5-3;2-1(3)4/h1-2H,(H,5,6,7);(H,3,4). The van der Waals surface area contributed by atoms with Gasteiger partial charge in [0.15, 0.2) is 0 Å². The van der Waals surface area contributed by atoms with E-state index in [-0.39, 0.29) is 11.8 Å². The number of nitrogens with one attached hydrogen (secondary N) is 1. The minimum absolute atomic E-state index is 0.329. The van der Waals surface area contributed by atoms with Gasteiger partial charge in [0, 0.05) is 23.8 Å². The maximum atomic E-state index is 10.0. The highest BCUT2D eigenvalue weighted by Crippen LogP contribution is 1.82. The minimum Gasteiger partial charge on any atom is -0.469 e.